The van der Waals surface area contributed by atoms with Gasteiger partial charge in [0, 0.05) is 12.0 Å². The van der Waals surface area contributed by atoms with Gasteiger partial charge in [-0.25, -0.2) is 0 Å². The van der Waals surface area contributed by atoms with Gasteiger partial charge in [-0.05, 0) is 100 Å². The molecule has 206 valence electrons. The fourth-order valence-corrected chi connectivity index (χ4v) is 4.12. The van der Waals surface area contributed by atoms with Crippen molar-refractivity contribution in [2.24, 2.45) is 0 Å². The monoisotopic (exact) mass is 528 g/mol. The molecular formula is C34H40O5. The lowest BCUT2D eigenvalue weighted by atomic mass is 9.97. The standard InChI is InChI=1S/C34H40O5/c1-8-24-18-26(23-37-30-15-10-9-13-28(30)22-32(36)39-34(5,6)7)21-29(19-24)27-14-11-12-25(20-27)16-17-31(35)38-33(2,3)4/h8-15,18-21H,1,16-17,22-23H2,2-7H3. The molecule has 0 amide bonds. The van der Waals surface area contributed by atoms with Gasteiger partial charge in [0.15, 0.2) is 0 Å². The van der Waals surface area contributed by atoms with Gasteiger partial charge in [0.2, 0.25) is 0 Å². The number of benzene rings is 3. The topological polar surface area (TPSA) is 61.8 Å². The third-order valence-corrected chi connectivity index (χ3v) is 5.67. The van der Waals surface area contributed by atoms with E-state index in [1.807, 2.05) is 90.1 Å². The first kappa shape index (κ1) is 29.7. The van der Waals surface area contributed by atoms with Gasteiger partial charge in [0.05, 0.1) is 6.42 Å². The summed E-state index contributed by atoms with van der Waals surface area (Å²) < 4.78 is 17.1. The molecule has 3 aromatic carbocycles. The maximum atomic E-state index is 12.4. The van der Waals surface area contributed by atoms with E-state index in [-0.39, 0.29) is 18.4 Å². The summed E-state index contributed by atoms with van der Waals surface area (Å²) in [6.07, 6.45) is 2.89. The highest BCUT2D eigenvalue weighted by molar-refractivity contribution is 5.74. The second-order valence-electron chi connectivity index (χ2n) is 11.6. The lowest BCUT2D eigenvalue weighted by molar-refractivity contribution is -0.155. The van der Waals surface area contributed by atoms with Crippen molar-refractivity contribution in [2.75, 3.05) is 0 Å². The molecule has 0 aliphatic rings. The van der Waals surface area contributed by atoms with Crippen LogP contribution in [0.3, 0.4) is 0 Å². The molecule has 0 saturated heterocycles. The van der Waals surface area contributed by atoms with Crippen LogP contribution >= 0.6 is 0 Å². The molecule has 0 radical (unpaired) electrons. The summed E-state index contributed by atoms with van der Waals surface area (Å²) in [5, 5.41) is 0. The fourth-order valence-electron chi connectivity index (χ4n) is 4.12. The second kappa shape index (κ2) is 12.8. The number of ether oxygens (including phenoxy) is 3. The number of para-hydroxylation sites is 1. The number of aryl methyl sites for hydroxylation is 1. The molecule has 0 N–H and O–H groups in total. The van der Waals surface area contributed by atoms with Crippen LogP contribution in [-0.4, -0.2) is 23.1 Å². The normalized spacial score (nSPS) is 11.5. The lowest BCUT2D eigenvalue weighted by Crippen LogP contribution is -2.25. The Bertz CT molecular complexity index is 1310. The molecule has 0 bridgehead atoms. The van der Waals surface area contributed by atoms with E-state index >= 15 is 0 Å². The van der Waals surface area contributed by atoms with Gasteiger partial charge in [0.25, 0.3) is 0 Å². The van der Waals surface area contributed by atoms with E-state index in [0.29, 0.717) is 25.2 Å². The molecule has 0 aliphatic carbocycles. The van der Waals surface area contributed by atoms with Crippen molar-refractivity contribution in [3.8, 4) is 16.9 Å². The number of rotatable bonds is 10. The molecule has 0 saturated carbocycles. The Hall–Kier alpha value is -3.86. The van der Waals surface area contributed by atoms with Crippen molar-refractivity contribution in [3.63, 3.8) is 0 Å². The lowest BCUT2D eigenvalue weighted by Gasteiger charge is -2.20. The summed E-state index contributed by atoms with van der Waals surface area (Å²) in [7, 11) is 0. The summed E-state index contributed by atoms with van der Waals surface area (Å²) in [5.74, 6) is 0.159. The third-order valence-electron chi connectivity index (χ3n) is 5.67. The molecule has 3 rings (SSSR count). The van der Waals surface area contributed by atoms with E-state index in [0.717, 1.165) is 33.4 Å². The van der Waals surface area contributed by atoms with Crippen LogP contribution < -0.4 is 4.74 Å². The predicted molar refractivity (Wildman–Crippen MR) is 156 cm³/mol. The first-order valence-corrected chi connectivity index (χ1v) is 13.3. The Morgan fingerprint density at radius 3 is 2.13 bits per heavy atom. The van der Waals surface area contributed by atoms with E-state index < -0.39 is 11.2 Å². The van der Waals surface area contributed by atoms with E-state index in [9.17, 15) is 9.59 Å². The molecule has 0 atom stereocenters. The SMILES string of the molecule is C=Cc1cc(COc2ccccc2CC(=O)OC(C)(C)C)cc(-c2cccc(CCC(=O)OC(C)(C)C)c2)c1. The predicted octanol–water partition coefficient (Wildman–Crippen LogP) is 7.73. The first-order chi connectivity index (χ1) is 18.3. The number of hydrogen-bond acceptors (Lipinski definition) is 5. The van der Waals surface area contributed by atoms with Gasteiger partial charge in [0.1, 0.15) is 23.6 Å². The Morgan fingerprint density at radius 2 is 1.44 bits per heavy atom. The highest BCUT2D eigenvalue weighted by atomic mass is 16.6. The van der Waals surface area contributed by atoms with Gasteiger partial charge < -0.3 is 14.2 Å². The molecular weight excluding hydrogens is 488 g/mol. The molecule has 0 aliphatic heterocycles. The van der Waals surface area contributed by atoms with Crippen molar-refractivity contribution in [1.29, 1.82) is 0 Å². The van der Waals surface area contributed by atoms with Crippen LogP contribution in [0.15, 0.2) is 73.3 Å². The summed E-state index contributed by atoms with van der Waals surface area (Å²) in [6, 6.07) is 21.9. The molecule has 5 heteroatoms. The largest absolute Gasteiger partial charge is 0.489 e. The average Bonchev–Trinajstić information content (AvgIpc) is 2.85. The minimum Gasteiger partial charge on any atom is -0.489 e. The zero-order chi connectivity index (χ0) is 28.6. The molecule has 5 nitrogen and oxygen atoms in total. The Kier molecular flexibility index (Phi) is 9.74. The Morgan fingerprint density at radius 1 is 0.769 bits per heavy atom. The van der Waals surface area contributed by atoms with Crippen molar-refractivity contribution >= 4 is 18.0 Å². The number of carbonyl (C=O) groups is 2. The zero-order valence-corrected chi connectivity index (χ0v) is 24.0. The van der Waals surface area contributed by atoms with Crippen LogP contribution in [0.4, 0.5) is 0 Å². The maximum absolute atomic E-state index is 12.4. The van der Waals surface area contributed by atoms with Gasteiger partial charge in [-0.3, -0.25) is 9.59 Å². The molecule has 0 unspecified atom stereocenters. The van der Waals surface area contributed by atoms with Crippen molar-refractivity contribution < 1.29 is 23.8 Å². The van der Waals surface area contributed by atoms with E-state index in [4.69, 9.17) is 14.2 Å². The minimum atomic E-state index is -0.540. The van der Waals surface area contributed by atoms with E-state index in [2.05, 4.69) is 30.8 Å². The molecule has 39 heavy (non-hydrogen) atoms. The van der Waals surface area contributed by atoms with Gasteiger partial charge >= 0.3 is 11.9 Å². The number of carbonyl (C=O) groups excluding carboxylic acids is 2. The zero-order valence-electron chi connectivity index (χ0n) is 24.0. The minimum absolute atomic E-state index is 0.140. The molecule has 0 fully saturated rings. The first-order valence-electron chi connectivity index (χ1n) is 13.3. The average molecular weight is 529 g/mol. The Balaban J connectivity index is 1.75. The van der Waals surface area contributed by atoms with Gasteiger partial charge in [-0.15, -0.1) is 0 Å². The smallest absolute Gasteiger partial charge is 0.310 e. The number of hydrogen-bond donors (Lipinski definition) is 0. The van der Waals surface area contributed by atoms with Crippen LogP contribution in [0, 0.1) is 0 Å². The van der Waals surface area contributed by atoms with Gasteiger partial charge in [-0.2, -0.15) is 0 Å². The fraction of sp³-hybridized carbons (Fsp3) is 0.353. The molecule has 0 aromatic heterocycles. The van der Waals surface area contributed by atoms with Crippen LogP contribution in [0.2, 0.25) is 0 Å². The number of esters is 2. The van der Waals surface area contributed by atoms with Crippen molar-refractivity contribution in [3.05, 3.63) is 95.6 Å². The van der Waals surface area contributed by atoms with E-state index in [1.165, 1.54) is 0 Å². The highest BCUT2D eigenvalue weighted by Crippen LogP contribution is 2.27. The van der Waals surface area contributed by atoms with E-state index in [1.54, 1.807) is 0 Å². The van der Waals surface area contributed by atoms with Crippen molar-refractivity contribution in [1.82, 2.24) is 0 Å². The molecule has 0 spiro atoms. The summed E-state index contributed by atoms with van der Waals surface area (Å²) >= 11 is 0. The van der Waals surface area contributed by atoms with Crippen LogP contribution in [0.1, 0.15) is 70.2 Å². The summed E-state index contributed by atoms with van der Waals surface area (Å²) in [4.78, 5) is 24.6. The van der Waals surface area contributed by atoms with Crippen molar-refractivity contribution in [2.45, 2.75) is 78.6 Å². The summed E-state index contributed by atoms with van der Waals surface area (Å²) in [5.41, 5.74) is 4.86. The van der Waals surface area contributed by atoms with Gasteiger partial charge in [-0.1, -0.05) is 55.1 Å². The third kappa shape index (κ3) is 10.1. The molecule has 3 aromatic rings. The highest BCUT2D eigenvalue weighted by Gasteiger charge is 2.18. The Labute approximate surface area is 232 Å². The second-order valence-corrected chi connectivity index (χ2v) is 11.6. The quantitative estimate of drug-likeness (QED) is 0.252. The maximum Gasteiger partial charge on any atom is 0.310 e. The molecule has 0 heterocycles. The summed E-state index contributed by atoms with van der Waals surface area (Å²) in [6.45, 7) is 15.5. The van der Waals surface area contributed by atoms with Crippen LogP contribution in [0.5, 0.6) is 5.75 Å². The van der Waals surface area contributed by atoms with Crippen LogP contribution in [-0.2, 0) is 38.5 Å². The van der Waals surface area contributed by atoms with Crippen LogP contribution in [0.25, 0.3) is 17.2 Å².